The zero-order chi connectivity index (χ0) is 22.1. The summed E-state index contributed by atoms with van der Waals surface area (Å²) in [5.74, 6) is 0.932. The minimum atomic E-state index is -0.303. The van der Waals surface area contributed by atoms with Crippen LogP contribution in [-0.4, -0.2) is 24.9 Å². The summed E-state index contributed by atoms with van der Waals surface area (Å²) >= 11 is 6.40. The zero-order valence-corrected chi connectivity index (χ0v) is 18.7. The van der Waals surface area contributed by atoms with E-state index < -0.39 is 0 Å². The van der Waals surface area contributed by atoms with Gasteiger partial charge < -0.3 is 14.8 Å². The van der Waals surface area contributed by atoms with Crippen molar-refractivity contribution in [1.82, 2.24) is 5.32 Å². The number of nitrogens with one attached hydrogen (secondary N) is 1. The molecule has 1 heterocycles. The fourth-order valence-corrected chi connectivity index (χ4v) is 4.78. The van der Waals surface area contributed by atoms with Crippen molar-refractivity contribution in [3.05, 3.63) is 69.9 Å². The highest BCUT2D eigenvalue weighted by Gasteiger charge is 2.39. The number of ketones is 1. The molecule has 2 atom stereocenters. The van der Waals surface area contributed by atoms with Crippen LogP contribution < -0.4 is 14.8 Å². The average Bonchev–Trinajstić information content (AvgIpc) is 2.73. The predicted molar refractivity (Wildman–Crippen MR) is 120 cm³/mol. The van der Waals surface area contributed by atoms with E-state index in [0.29, 0.717) is 40.6 Å². The number of methoxy groups -OCH3 is 1. The molecule has 162 valence electrons. The zero-order valence-electron chi connectivity index (χ0n) is 17.9. The summed E-state index contributed by atoms with van der Waals surface area (Å²) in [5.41, 5.74) is 3.22. The van der Waals surface area contributed by atoms with Crippen LogP contribution in [0.3, 0.4) is 0 Å². The molecule has 2 aromatic rings. The van der Waals surface area contributed by atoms with Crippen LogP contribution in [0.4, 0.5) is 0 Å². The molecule has 31 heavy (non-hydrogen) atoms. The smallest absolute Gasteiger partial charge is 0.225 e. The van der Waals surface area contributed by atoms with E-state index in [0.717, 1.165) is 11.1 Å². The van der Waals surface area contributed by atoms with Crippen molar-refractivity contribution in [3.63, 3.8) is 0 Å². The topological polar surface area (TPSA) is 64.6 Å². The molecule has 1 N–H and O–H groups in total. The van der Waals surface area contributed by atoms with Gasteiger partial charge in [0, 0.05) is 35.1 Å². The third-order valence-electron chi connectivity index (χ3n) is 5.84. The number of allylic oxidation sites excluding steroid dienone is 2. The van der Waals surface area contributed by atoms with Gasteiger partial charge in [-0.25, -0.2) is 0 Å². The number of carbonyl (C=O) groups is 2. The molecule has 2 aliphatic rings. The minimum Gasteiger partial charge on any atom is -0.493 e. The molecule has 1 aliphatic heterocycles. The van der Waals surface area contributed by atoms with Crippen LogP contribution in [0.2, 0.25) is 5.02 Å². The van der Waals surface area contributed by atoms with Gasteiger partial charge in [0.1, 0.15) is 0 Å². The first-order valence-electron chi connectivity index (χ1n) is 10.5. The van der Waals surface area contributed by atoms with Crippen LogP contribution in [0.15, 0.2) is 53.7 Å². The van der Waals surface area contributed by atoms with Crippen LogP contribution in [0.1, 0.15) is 56.1 Å². The Hall–Kier alpha value is -2.79. The second-order valence-electron chi connectivity index (χ2n) is 8.32. The fraction of sp³-hybridized carbons (Fsp3) is 0.360. The Morgan fingerprint density at radius 2 is 1.81 bits per heavy atom. The minimum absolute atomic E-state index is 0.0305. The molecule has 5 nitrogen and oxygen atoms in total. The first-order valence-corrected chi connectivity index (χ1v) is 10.9. The van der Waals surface area contributed by atoms with E-state index in [1.165, 1.54) is 0 Å². The van der Waals surface area contributed by atoms with Crippen molar-refractivity contribution in [2.45, 2.75) is 51.0 Å². The fourth-order valence-electron chi connectivity index (χ4n) is 4.51. The second-order valence-corrected chi connectivity index (χ2v) is 8.73. The van der Waals surface area contributed by atoms with E-state index in [2.05, 4.69) is 5.32 Å². The first kappa shape index (κ1) is 21.4. The largest absolute Gasteiger partial charge is 0.493 e. The van der Waals surface area contributed by atoms with Gasteiger partial charge in [-0.3, -0.25) is 9.59 Å². The number of benzene rings is 2. The van der Waals surface area contributed by atoms with Crippen LogP contribution >= 0.6 is 11.6 Å². The number of rotatable bonds is 5. The Balaban J connectivity index is 1.67. The van der Waals surface area contributed by atoms with Crippen LogP contribution in [0.25, 0.3) is 0 Å². The normalized spacial score (nSPS) is 21.1. The molecule has 0 fully saturated rings. The lowest BCUT2D eigenvalue weighted by Crippen LogP contribution is -2.38. The quantitative estimate of drug-likeness (QED) is 0.700. The van der Waals surface area contributed by atoms with Gasteiger partial charge in [0.05, 0.1) is 13.2 Å². The number of carbonyl (C=O) groups excluding carboxylic acids is 2. The summed E-state index contributed by atoms with van der Waals surface area (Å²) in [5, 5.41) is 3.53. The highest BCUT2D eigenvalue weighted by atomic mass is 35.5. The molecule has 0 bridgehead atoms. The second kappa shape index (κ2) is 8.75. The molecule has 1 amide bonds. The standard InChI is InChI=1S/C25H26ClNO4/c1-14(2)31-22-9-8-15(12-23(22)30-3)16-10-20-25(21(28)11-16)18(13-24(29)27-20)17-6-4-5-7-19(17)26/h4-9,12,14,16,18H,10-11,13H2,1-3H3,(H,27,29). The van der Waals surface area contributed by atoms with Gasteiger partial charge in [0.15, 0.2) is 17.3 Å². The van der Waals surface area contributed by atoms with Gasteiger partial charge in [-0.2, -0.15) is 0 Å². The number of hydrogen-bond acceptors (Lipinski definition) is 4. The van der Waals surface area contributed by atoms with Gasteiger partial charge in [0.25, 0.3) is 0 Å². The van der Waals surface area contributed by atoms with E-state index in [-0.39, 0.29) is 36.1 Å². The molecule has 0 spiro atoms. The van der Waals surface area contributed by atoms with Crippen LogP contribution in [0, 0.1) is 0 Å². The third kappa shape index (κ3) is 4.33. The highest BCUT2D eigenvalue weighted by molar-refractivity contribution is 6.31. The van der Waals surface area contributed by atoms with E-state index in [1.807, 2.05) is 50.2 Å². The lowest BCUT2D eigenvalue weighted by Gasteiger charge is -2.35. The van der Waals surface area contributed by atoms with Gasteiger partial charge in [0.2, 0.25) is 5.91 Å². The summed E-state index contributed by atoms with van der Waals surface area (Å²) in [6, 6.07) is 13.2. The number of Topliss-reactive ketones (excluding diaryl/α,β-unsaturated/α-hetero) is 1. The molecule has 0 saturated carbocycles. The Kier molecular flexibility index (Phi) is 6.05. The Morgan fingerprint density at radius 3 is 2.52 bits per heavy atom. The Morgan fingerprint density at radius 1 is 1.03 bits per heavy atom. The van der Waals surface area contributed by atoms with Crippen molar-refractivity contribution in [3.8, 4) is 11.5 Å². The van der Waals surface area contributed by atoms with E-state index in [4.69, 9.17) is 21.1 Å². The van der Waals surface area contributed by atoms with Crippen molar-refractivity contribution in [2.24, 2.45) is 0 Å². The molecule has 4 rings (SSSR count). The van der Waals surface area contributed by atoms with Gasteiger partial charge in [-0.1, -0.05) is 35.9 Å². The maximum absolute atomic E-state index is 13.3. The molecule has 2 aromatic carbocycles. The number of amides is 1. The van der Waals surface area contributed by atoms with Crippen molar-refractivity contribution >= 4 is 23.3 Å². The molecule has 0 aromatic heterocycles. The van der Waals surface area contributed by atoms with Gasteiger partial charge in [-0.05, 0) is 55.5 Å². The Bertz CT molecular complexity index is 1060. The summed E-state index contributed by atoms with van der Waals surface area (Å²) in [7, 11) is 1.61. The van der Waals surface area contributed by atoms with E-state index in [1.54, 1.807) is 13.2 Å². The monoisotopic (exact) mass is 439 g/mol. The van der Waals surface area contributed by atoms with Crippen molar-refractivity contribution in [2.75, 3.05) is 7.11 Å². The molecule has 2 unspecified atom stereocenters. The number of halogens is 1. The highest BCUT2D eigenvalue weighted by Crippen LogP contribution is 2.45. The lowest BCUT2D eigenvalue weighted by molar-refractivity contribution is -0.122. The molecular weight excluding hydrogens is 414 g/mol. The predicted octanol–water partition coefficient (Wildman–Crippen LogP) is 5.14. The molecule has 0 radical (unpaired) electrons. The molecule has 0 saturated heterocycles. The number of ether oxygens (including phenoxy) is 2. The first-order chi connectivity index (χ1) is 14.9. The SMILES string of the molecule is COc1cc(C2CC(=O)C3=C(C2)NC(=O)CC3c2ccccc2Cl)ccc1OC(C)C. The van der Waals surface area contributed by atoms with Crippen molar-refractivity contribution < 1.29 is 19.1 Å². The van der Waals surface area contributed by atoms with E-state index >= 15 is 0 Å². The van der Waals surface area contributed by atoms with Crippen molar-refractivity contribution in [1.29, 1.82) is 0 Å². The van der Waals surface area contributed by atoms with E-state index in [9.17, 15) is 9.59 Å². The van der Waals surface area contributed by atoms with Gasteiger partial charge in [-0.15, -0.1) is 0 Å². The maximum Gasteiger partial charge on any atom is 0.225 e. The summed E-state index contributed by atoms with van der Waals surface area (Å²) < 4.78 is 11.3. The third-order valence-corrected chi connectivity index (χ3v) is 6.18. The Labute approximate surface area is 187 Å². The maximum atomic E-state index is 13.3. The van der Waals surface area contributed by atoms with Gasteiger partial charge >= 0.3 is 0 Å². The summed E-state index contributed by atoms with van der Waals surface area (Å²) in [6.45, 7) is 3.92. The average molecular weight is 440 g/mol. The molecule has 1 aliphatic carbocycles. The van der Waals surface area contributed by atoms with Crippen LogP contribution in [0.5, 0.6) is 11.5 Å². The molecular formula is C25H26ClNO4. The summed E-state index contributed by atoms with van der Waals surface area (Å²) in [6.07, 6.45) is 1.22. The summed E-state index contributed by atoms with van der Waals surface area (Å²) in [4.78, 5) is 25.7. The lowest BCUT2D eigenvalue weighted by atomic mass is 9.73. The molecule has 6 heteroatoms. The van der Waals surface area contributed by atoms with Crippen LogP contribution in [-0.2, 0) is 9.59 Å². The number of hydrogen-bond donors (Lipinski definition) is 1.